The number of hydrogen-bond donors (Lipinski definition) is 0. The van der Waals surface area contributed by atoms with Gasteiger partial charge in [-0.3, -0.25) is 9.19 Å². The molecule has 12 heavy (non-hydrogen) atoms. The fraction of sp³-hybridized carbons (Fsp3) is 0.125. The Bertz CT molecular complexity index is 402. The van der Waals surface area contributed by atoms with Crippen LogP contribution in [0.1, 0.15) is 0 Å². The predicted octanol–water partition coefficient (Wildman–Crippen LogP) is 1.57. The molecule has 0 amide bonds. The zero-order chi connectivity index (χ0) is 8.55. The van der Waals surface area contributed by atoms with Crippen LogP contribution in [0, 0.1) is 0 Å². The van der Waals surface area contributed by atoms with Crippen LogP contribution in [0.3, 0.4) is 0 Å². The van der Waals surface area contributed by atoms with Crippen LogP contribution in [-0.4, -0.2) is 15.4 Å². The van der Waals surface area contributed by atoms with Crippen molar-refractivity contribution < 1.29 is 8.63 Å². The van der Waals surface area contributed by atoms with Crippen molar-refractivity contribution in [1.82, 2.24) is 4.98 Å². The summed E-state index contributed by atoms with van der Waals surface area (Å²) in [6, 6.07) is 5.29. The van der Waals surface area contributed by atoms with E-state index in [4.69, 9.17) is 4.42 Å². The van der Waals surface area contributed by atoms with Gasteiger partial charge in [0.2, 0.25) is 0 Å². The molecule has 1 atom stereocenters. The summed E-state index contributed by atoms with van der Waals surface area (Å²) in [4.78, 5) is 4.06. The molecule has 0 bridgehead atoms. The molecule has 2 aromatic rings. The standard InChI is InChI=1S/C8H7NO2S/c1-12(10)8-5-6-7(11-8)3-2-4-9-6/h2-5H,1H3. The van der Waals surface area contributed by atoms with Crippen LogP contribution in [0.25, 0.3) is 11.1 Å². The molecule has 0 radical (unpaired) electrons. The van der Waals surface area contributed by atoms with Crippen molar-refractivity contribution in [1.29, 1.82) is 0 Å². The van der Waals surface area contributed by atoms with Crippen LogP contribution in [0.2, 0.25) is 0 Å². The summed E-state index contributed by atoms with van der Waals surface area (Å²) in [6.07, 6.45) is 3.26. The smallest absolute Gasteiger partial charge is 0.193 e. The summed E-state index contributed by atoms with van der Waals surface area (Å²) in [5.74, 6) is 0. The second-order valence-electron chi connectivity index (χ2n) is 2.41. The van der Waals surface area contributed by atoms with Crippen molar-refractivity contribution in [2.24, 2.45) is 0 Å². The Morgan fingerprint density at radius 1 is 1.58 bits per heavy atom. The SMILES string of the molecule is CS(=O)c1cc2ncccc2o1. The zero-order valence-corrected chi connectivity index (χ0v) is 7.30. The topological polar surface area (TPSA) is 43.1 Å². The van der Waals surface area contributed by atoms with Crippen LogP contribution >= 0.6 is 0 Å². The van der Waals surface area contributed by atoms with Crippen molar-refractivity contribution in [3.63, 3.8) is 0 Å². The molecule has 0 aliphatic carbocycles. The van der Waals surface area contributed by atoms with Crippen LogP contribution < -0.4 is 0 Å². The van der Waals surface area contributed by atoms with Gasteiger partial charge >= 0.3 is 0 Å². The van der Waals surface area contributed by atoms with Gasteiger partial charge in [-0.2, -0.15) is 0 Å². The summed E-state index contributed by atoms with van der Waals surface area (Å²) in [6.45, 7) is 0. The van der Waals surface area contributed by atoms with Gasteiger partial charge in [0, 0.05) is 18.5 Å². The Balaban J connectivity index is 2.70. The minimum Gasteiger partial charge on any atom is -0.446 e. The van der Waals surface area contributed by atoms with E-state index < -0.39 is 10.8 Å². The molecule has 0 saturated heterocycles. The number of fused-ring (bicyclic) bond motifs is 1. The highest BCUT2D eigenvalue weighted by atomic mass is 32.2. The van der Waals surface area contributed by atoms with Crippen molar-refractivity contribution in [2.45, 2.75) is 5.09 Å². The van der Waals surface area contributed by atoms with Gasteiger partial charge in [-0.15, -0.1) is 0 Å². The minimum atomic E-state index is -1.07. The third-order valence-corrected chi connectivity index (χ3v) is 2.32. The first-order chi connectivity index (χ1) is 5.77. The van der Waals surface area contributed by atoms with Gasteiger partial charge in [0.25, 0.3) is 0 Å². The lowest BCUT2D eigenvalue weighted by Crippen LogP contribution is -1.80. The number of nitrogens with zero attached hydrogens (tertiary/aromatic N) is 1. The highest BCUT2D eigenvalue weighted by Gasteiger charge is 2.05. The predicted molar refractivity (Wildman–Crippen MR) is 46.3 cm³/mol. The minimum absolute atomic E-state index is 0.476. The molecule has 0 spiro atoms. The third kappa shape index (κ3) is 1.14. The summed E-state index contributed by atoms with van der Waals surface area (Å²) in [5, 5.41) is 0.476. The lowest BCUT2D eigenvalue weighted by atomic mass is 10.4. The average Bonchev–Trinajstić information content (AvgIpc) is 2.46. The fourth-order valence-corrected chi connectivity index (χ4v) is 1.47. The Morgan fingerprint density at radius 3 is 3.08 bits per heavy atom. The molecule has 0 aliphatic rings. The van der Waals surface area contributed by atoms with E-state index in [1.807, 2.05) is 0 Å². The van der Waals surface area contributed by atoms with Crippen LogP contribution in [0.4, 0.5) is 0 Å². The molecule has 3 nitrogen and oxygen atoms in total. The molecule has 1 unspecified atom stereocenters. The second-order valence-corrected chi connectivity index (χ2v) is 3.72. The third-order valence-electron chi connectivity index (χ3n) is 1.55. The molecule has 2 rings (SSSR count). The largest absolute Gasteiger partial charge is 0.446 e. The van der Waals surface area contributed by atoms with Crippen molar-refractivity contribution in [3.8, 4) is 0 Å². The summed E-state index contributed by atoms with van der Waals surface area (Å²) < 4.78 is 16.3. The van der Waals surface area contributed by atoms with E-state index in [2.05, 4.69) is 4.98 Å². The highest BCUT2D eigenvalue weighted by molar-refractivity contribution is 7.84. The van der Waals surface area contributed by atoms with Crippen LogP contribution in [-0.2, 0) is 10.8 Å². The van der Waals surface area contributed by atoms with E-state index in [9.17, 15) is 4.21 Å². The van der Waals surface area contributed by atoms with Gasteiger partial charge in [-0.1, -0.05) is 0 Å². The molecule has 2 aromatic heterocycles. The molecule has 0 aromatic carbocycles. The van der Waals surface area contributed by atoms with Gasteiger partial charge in [0.1, 0.15) is 5.52 Å². The van der Waals surface area contributed by atoms with E-state index in [1.54, 1.807) is 30.7 Å². The summed E-state index contributed by atoms with van der Waals surface area (Å²) in [7, 11) is -1.07. The average molecular weight is 181 g/mol. The number of furan rings is 1. The fourth-order valence-electron chi connectivity index (χ4n) is 0.989. The number of rotatable bonds is 1. The molecule has 0 saturated carbocycles. The van der Waals surface area contributed by atoms with Gasteiger partial charge in [-0.25, -0.2) is 0 Å². The zero-order valence-electron chi connectivity index (χ0n) is 6.48. The van der Waals surface area contributed by atoms with Gasteiger partial charge in [0.15, 0.2) is 10.7 Å². The molecule has 62 valence electrons. The van der Waals surface area contributed by atoms with Crippen molar-refractivity contribution in [3.05, 3.63) is 24.4 Å². The second kappa shape index (κ2) is 2.71. The Hall–Kier alpha value is -1.16. The molecule has 0 fully saturated rings. The lowest BCUT2D eigenvalue weighted by Gasteiger charge is -1.84. The molecule has 4 heteroatoms. The maximum Gasteiger partial charge on any atom is 0.193 e. The van der Waals surface area contributed by atoms with Crippen LogP contribution in [0.15, 0.2) is 33.9 Å². The maximum absolute atomic E-state index is 11.0. The Morgan fingerprint density at radius 2 is 2.42 bits per heavy atom. The Kier molecular flexibility index (Phi) is 1.69. The van der Waals surface area contributed by atoms with E-state index in [1.165, 1.54) is 0 Å². The van der Waals surface area contributed by atoms with Crippen molar-refractivity contribution >= 4 is 21.9 Å². The molecular weight excluding hydrogens is 174 g/mol. The first-order valence-corrected chi connectivity index (χ1v) is 5.01. The quantitative estimate of drug-likeness (QED) is 0.670. The van der Waals surface area contributed by atoms with E-state index in [0.29, 0.717) is 10.7 Å². The lowest BCUT2D eigenvalue weighted by molar-refractivity contribution is 0.504. The van der Waals surface area contributed by atoms with E-state index >= 15 is 0 Å². The van der Waals surface area contributed by atoms with Crippen LogP contribution in [0.5, 0.6) is 0 Å². The van der Waals surface area contributed by atoms with E-state index in [-0.39, 0.29) is 0 Å². The number of hydrogen-bond acceptors (Lipinski definition) is 3. The molecule has 2 heterocycles. The highest BCUT2D eigenvalue weighted by Crippen LogP contribution is 2.18. The molecular formula is C8H7NO2S. The number of pyridine rings is 1. The van der Waals surface area contributed by atoms with E-state index in [0.717, 1.165) is 5.52 Å². The normalized spacial score (nSPS) is 13.4. The van der Waals surface area contributed by atoms with Crippen molar-refractivity contribution in [2.75, 3.05) is 6.26 Å². The number of aromatic nitrogens is 1. The monoisotopic (exact) mass is 181 g/mol. The van der Waals surface area contributed by atoms with Gasteiger partial charge in [-0.05, 0) is 12.1 Å². The molecule has 0 aliphatic heterocycles. The van der Waals surface area contributed by atoms with Gasteiger partial charge < -0.3 is 4.42 Å². The first kappa shape index (κ1) is 7.49. The summed E-state index contributed by atoms with van der Waals surface area (Å²) >= 11 is 0. The first-order valence-electron chi connectivity index (χ1n) is 3.45. The Labute approximate surface area is 71.9 Å². The molecule has 0 N–H and O–H groups in total. The summed E-state index contributed by atoms with van der Waals surface area (Å²) in [5.41, 5.74) is 1.44. The van der Waals surface area contributed by atoms with Gasteiger partial charge in [0.05, 0.1) is 10.8 Å². The maximum atomic E-state index is 11.0.